The quantitative estimate of drug-likeness (QED) is 0.197. The van der Waals surface area contributed by atoms with Crippen molar-refractivity contribution in [2.75, 3.05) is 0 Å². The van der Waals surface area contributed by atoms with E-state index in [1.807, 2.05) is 66.7 Å². The Labute approximate surface area is 274 Å². The van der Waals surface area contributed by atoms with E-state index in [9.17, 15) is 0 Å². The lowest BCUT2D eigenvalue weighted by Gasteiger charge is -2.09. The van der Waals surface area contributed by atoms with E-state index in [1.165, 1.54) is 10.8 Å². The first-order valence-corrected chi connectivity index (χ1v) is 15.9. The lowest BCUT2D eigenvalue weighted by atomic mass is 9.98. The van der Waals surface area contributed by atoms with Gasteiger partial charge < -0.3 is 8.83 Å². The Kier molecular flexibility index (Phi) is 5.81. The summed E-state index contributed by atoms with van der Waals surface area (Å²) in [5.74, 6) is 1.75. The van der Waals surface area contributed by atoms with Gasteiger partial charge in [-0.15, -0.1) is 0 Å². The van der Waals surface area contributed by atoms with E-state index in [1.54, 1.807) is 0 Å². The van der Waals surface area contributed by atoms with Crippen LogP contribution in [0.3, 0.4) is 0 Å². The molecule has 5 heteroatoms. The average molecular weight is 616 g/mol. The summed E-state index contributed by atoms with van der Waals surface area (Å²) in [7, 11) is 0. The highest BCUT2D eigenvalue weighted by Crippen LogP contribution is 2.41. The normalized spacial score (nSPS) is 11.8. The van der Waals surface area contributed by atoms with Gasteiger partial charge in [0.15, 0.2) is 17.5 Å². The molecule has 7 aromatic carbocycles. The number of furan rings is 2. The minimum Gasteiger partial charge on any atom is -0.456 e. The third-order valence-corrected chi connectivity index (χ3v) is 9.13. The number of para-hydroxylation sites is 2. The largest absolute Gasteiger partial charge is 0.456 e. The molecule has 10 aromatic rings. The van der Waals surface area contributed by atoms with Crippen LogP contribution in [0.1, 0.15) is 0 Å². The number of hydrogen-bond acceptors (Lipinski definition) is 5. The third-order valence-electron chi connectivity index (χ3n) is 9.13. The number of hydrogen-bond donors (Lipinski definition) is 0. The van der Waals surface area contributed by atoms with Crippen LogP contribution in [-0.2, 0) is 0 Å². The van der Waals surface area contributed by atoms with E-state index in [-0.39, 0.29) is 0 Å². The second kappa shape index (κ2) is 10.5. The van der Waals surface area contributed by atoms with Crippen molar-refractivity contribution in [1.29, 1.82) is 0 Å². The van der Waals surface area contributed by atoms with Crippen molar-refractivity contribution in [3.8, 4) is 45.3 Å². The molecule has 0 fully saturated rings. The van der Waals surface area contributed by atoms with E-state index in [0.29, 0.717) is 17.5 Å². The third kappa shape index (κ3) is 4.22. The molecule has 0 N–H and O–H groups in total. The molecule has 0 aliphatic carbocycles. The van der Waals surface area contributed by atoms with Crippen LogP contribution in [0.5, 0.6) is 0 Å². The number of fused-ring (bicyclic) bond motifs is 7. The molecule has 3 aromatic heterocycles. The van der Waals surface area contributed by atoms with Gasteiger partial charge in [0.1, 0.15) is 22.3 Å². The lowest BCUT2D eigenvalue weighted by Crippen LogP contribution is -2.00. The highest BCUT2D eigenvalue weighted by molar-refractivity contribution is 6.15. The van der Waals surface area contributed by atoms with Crippen molar-refractivity contribution < 1.29 is 8.83 Å². The van der Waals surface area contributed by atoms with E-state index in [0.717, 1.165) is 71.7 Å². The van der Waals surface area contributed by atoms with Crippen LogP contribution >= 0.6 is 0 Å². The molecule has 0 unspecified atom stereocenters. The number of rotatable bonds is 4. The molecule has 0 aliphatic heterocycles. The van der Waals surface area contributed by atoms with E-state index in [2.05, 4.69) is 84.9 Å². The average Bonchev–Trinajstić information content (AvgIpc) is 3.73. The van der Waals surface area contributed by atoms with Crippen LogP contribution in [0.15, 0.2) is 160 Å². The highest BCUT2D eigenvalue weighted by Gasteiger charge is 2.20. The number of aromatic nitrogens is 3. The number of nitrogens with zero attached hydrogens (tertiary/aromatic N) is 3. The summed E-state index contributed by atoms with van der Waals surface area (Å²) in [5.41, 5.74) is 8.06. The Hall–Kier alpha value is -6.59. The maximum absolute atomic E-state index is 6.64. The first kappa shape index (κ1) is 26.6. The monoisotopic (exact) mass is 615 g/mol. The smallest absolute Gasteiger partial charge is 0.164 e. The van der Waals surface area contributed by atoms with Gasteiger partial charge in [-0.3, -0.25) is 0 Å². The minimum atomic E-state index is 0.572. The summed E-state index contributed by atoms with van der Waals surface area (Å²) in [6.07, 6.45) is 0. The SMILES string of the molecule is c1ccc(-c2nc(-c3ccc4c(c3)oc3ccccc34)nc(-c3cccc4oc5c(-c6ccc7ccccc7c6)cccc5c34)n2)cc1. The molecular formula is C43H25N3O2. The van der Waals surface area contributed by atoms with Crippen LogP contribution in [0.2, 0.25) is 0 Å². The second-order valence-electron chi connectivity index (χ2n) is 12.0. The maximum Gasteiger partial charge on any atom is 0.164 e. The molecule has 224 valence electrons. The van der Waals surface area contributed by atoms with Gasteiger partial charge >= 0.3 is 0 Å². The molecular weight excluding hydrogens is 590 g/mol. The lowest BCUT2D eigenvalue weighted by molar-refractivity contribution is 0.669. The molecule has 10 rings (SSSR count). The molecule has 0 radical (unpaired) electrons. The van der Waals surface area contributed by atoms with Crippen molar-refractivity contribution >= 4 is 54.6 Å². The van der Waals surface area contributed by atoms with Crippen molar-refractivity contribution in [3.63, 3.8) is 0 Å². The summed E-state index contributed by atoms with van der Waals surface area (Å²) in [5, 5.41) is 6.53. The minimum absolute atomic E-state index is 0.572. The molecule has 0 spiro atoms. The van der Waals surface area contributed by atoms with Crippen LogP contribution in [0.4, 0.5) is 0 Å². The molecule has 3 heterocycles. The Balaban J connectivity index is 1.19. The molecule has 0 saturated heterocycles. The van der Waals surface area contributed by atoms with Crippen molar-refractivity contribution in [2.45, 2.75) is 0 Å². The Morgan fingerprint density at radius 2 is 1.02 bits per heavy atom. The van der Waals surface area contributed by atoms with Crippen LogP contribution in [0, 0.1) is 0 Å². The molecule has 0 saturated carbocycles. The van der Waals surface area contributed by atoms with Gasteiger partial charge in [-0.25, -0.2) is 15.0 Å². The zero-order valence-corrected chi connectivity index (χ0v) is 25.6. The Morgan fingerprint density at radius 1 is 0.354 bits per heavy atom. The zero-order valence-electron chi connectivity index (χ0n) is 25.6. The first-order valence-electron chi connectivity index (χ1n) is 15.9. The zero-order chi connectivity index (χ0) is 31.6. The predicted octanol–water partition coefficient (Wildman–Crippen LogP) is 11.5. The van der Waals surface area contributed by atoms with Gasteiger partial charge in [-0.1, -0.05) is 121 Å². The van der Waals surface area contributed by atoms with Gasteiger partial charge in [0.25, 0.3) is 0 Å². The van der Waals surface area contributed by atoms with Gasteiger partial charge in [0, 0.05) is 43.8 Å². The fraction of sp³-hybridized carbons (Fsp3) is 0. The van der Waals surface area contributed by atoms with Crippen LogP contribution < -0.4 is 0 Å². The van der Waals surface area contributed by atoms with E-state index >= 15 is 0 Å². The predicted molar refractivity (Wildman–Crippen MR) is 194 cm³/mol. The Bertz CT molecular complexity index is 2850. The molecule has 5 nitrogen and oxygen atoms in total. The van der Waals surface area contributed by atoms with Gasteiger partial charge in [0.05, 0.1) is 0 Å². The van der Waals surface area contributed by atoms with Gasteiger partial charge in [0.2, 0.25) is 0 Å². The summed E-state index contributed by atoms with van der Waals surface area (Å²) >= 11 is 0. The summed E-state index contributed by atoms with van der Waals surface area (Å²) in [4.78, 5) is 15.1. The molecule has 0 atom stereocenters. The molecule has 0 bridgehead atoms. The molecule has 48 heavy (non-hydrogen) atoms. The Morgan fingerprint density at radius 3 is 1.94 bits per heavy atom. The topological polar surface area (TPSA) is 65.0 Å². The second-order valence-corrected chi connectivity index (χ2v) is 12.0. The number of benzene rings is 7. The first-order chi connectivity index (χ1) is 23.8. The van der Waals surface area contributed by atoms with Crippen LogP contribution in [0.25, 0.3) is 99.9 Å². The summed E-state index contributed by atoms with van der Waals surface area (Å²) in [6.45, 7) is 0. The molecule has 0 amide bonds. The van der Waals surface area contributed by atoms with E-state index in [4.69, 9.17) is 23.8 Å². The van der Waals surface area contributed by atoms with Crippen LogP contribution in [-0.4, -0.2) is 15.0 Å². The highest BCUT2D eigenvalue weighted by atomic mass is 16.3. The standard InChI is InChI=1S/C43H25N3O2/c1-2-11-27(12-3-1)41-44-42(30-22-23-33-32-14-6-7-18-36(32)47-38(33)25-30)46-43(45-41)35-17-9-19-37-39(35)34-16-8-15-31(40(34)48-37)29-21-20-26-10-4-5-13-28(26)24-29/h1-25H. The van der Waals surface area contributed by atoms with E-state index < -0.39 is 0 Å². The molecule has 0 aliphatic rings. The fourth-order valence-corrected chi connectivity index (χ4v) is 6.83. The summed E-state index contributed by atoms with van der Waals surface area (Å²) < 4.78 is 12.9. The van der Waals surface area contributed by atoms with Crippen molar-refractivity contribution in [1.82, 2.24) is 15.0 Å². The van der Waals surface area contributed by atoms with Crippen molar-refractivity contribution in [3.05, 3.63) is 152 Å². The maximum atomic E-state index is 6.64. The van der Waals surface area contributed by atoms with Gasteiger partial charge in [-0.05, 0) is 46.7 Å². The van der Waals surface area contributed by atoms with Crippen molar-refractivity contribution in [2.24, 2.45) is 0 Å². The fourth-order valence-electron chi connectivity index (χ4n) is 6.83. The summed E-state index contributed by atoms with van der Waals surface area (Å²) in [6, 6.07) is 51.7. The van der Waals surface area contributed by atoms with Gasteiger partial charge in [-0.2, -0.15) is 0 Å².